The summed E-state index contributed by atoms with van der Waals surface area (Å²) in [5.41, 5.74) is 2.36. The molecule has 3 amide bonds. The van der Waals surface area contributed by atoms with Crippen LogP contribution in [0.3, 0.4) is 0 Å². The van der Waals surface area contributed by atoms with Crippen molar-refractivity contribution in [2.24, 2.45) is 0 Å². The number of fused-ring (bicyclic) bond motifs is 1. The topological polar surface area (TPSA) is 74.3 Å². The zero-order chi connectivity index (χ0) is 18.6. The van der Waals surface area contributed by atoms with Crippen molar-refractivity contribution >= 4 is 34.1 Å². The molecule has 0 saturated heterocycles. The standard InChI is InChI=1S/C20H18N4O2S/c25-18(14-7-3-1-4-8-14)24-12-11-16-17(13-24)27-20(22-16)23-19(26)21-15-9-5-2-6-10-15/h1-10H,11-13H2,(H2,21,22,23,26). The summed E-state index contributed by atoms with van der Waals surface area (Å²) in [4.78, 5) is 32.1. The van der Waals surface area contributed by atoms with Crippen molar-refractivity contribution in [1.82, 2.24) is 9.88 Å². The Morgan fingerprint density at radius 3 is 2.41 bits per heavy atom. The van der Waals surface area contributed by atoms with Gasteiger partial charge in [-0.2, -0.15) is 0 Å². The van der Waals surface area contributed by atoms with Crippen LogP contribution in [-0.2, 0) is 13.0 Å². The van der Waals surface area contributed by atoms with E-state index in [1.165, 1.54) is 11.3 Å². The predicted octanol–water partition coefficient (Wildman–Crippen LogP) is 3.99. The smallest absolute Gasteiger partial charge is 0.325 e. The highest BCUT2D eigenvalue weighted by molar-refractivity contribution is 7.15. The van der Waals surface area contributed by atoms with Crippen LogP contribution in [0.4, 0.5) is 15.6 Å². The van der Waals surface area contributed by atoms with Crippen LogP contribution >= 0.6 is 11.3 Å². The molecule has 1 aliphatic rings. The number of urea groups is 1. The Labute approximate surface area is 160 Å². The quantitative estimate of drug-likeness (QED) is 0.724. The Balaban J connectivity index is 1.41. The third-order valence-electron chi connectivity index (χ3n) is 4.29. The van der Waals surface area contributed by atoms with Crippen molar-refractivity contribution in [2.45, 2.75) is 13.0 Å². The lowest BCUT2D eigenvalue weighted by atomic mass is 10.1. The predicted molar refractivity (Wildman–Crippen MR) is 106 cm³/mol. The van der Waals surface area contributed by atoms with Crippen LogP contribution in [0.1, 0.15) is 20.9 Å². The molecule has 0 unspecified atom stereocenters. The highest BCUT2D eigenvalue weighted by Gasteiger charge is 2.25. The maximum absolute atomic E-state index is 12.6. The largest absolute Gasteiger partial charge is 0.333 e. The van der Waals surface area contributed by atoms with Crippen LogP contribution in [0, 0.1) is 0 Å². The van der Waals surface area contributed by atoms with E-state index in [9.17, 15) is 9.59 Å². The van der Waals surface area contributed by atoms with Gasteiger partial charge in [0.2, 0.25) is 0 Å². The van der Waals surface area contributed by atoms with Crippen molar-refractivity contribution < 1.29 is 9.59 Å². The normalized spacial score (nSPS) is 13.0. The van der Waals surface area contributed by atoms with E-state index in [4.69, 9.17) is 0 Å². The van der Waals surface area contributed by atoms with Crippen LogP contribution in [0.2, 0.25) is 0 Å². The molecule has 1 aromatic heterocycles. The number of carbonyl (C=O) groups is 2. The van der Waals surface area contributed by atoms with Crippen LogP contribution in [-0.4, -0.2) is 28.4 Å². The zero-order valence-corrected chi connectivity index (χ0v) is 15.3. The second kappa shape index (κ2) is 7.59. The van der Waals surface area contributed by atoms with Crippen LogP contribution in [0.5, 0.6) is 0 Å². The van der Waals surface area contributed by atoms with Gasteiger partial charge in [0.15, 0.2) is 5.13 Å². The Morgan fingerprint density at radius 2 is 1.67 bits per heavy atom. The van der Waals surface area contributed by atoms with E-state index in [2.05, 4.69) is 15.6 Å². The highest BCUT2D eigenvalue weighted by Crippen LogP contribution is 2.29. The van der Waals surface area contributed by atoms with E-state index in [1.807, 2.05) is 65.6 Å². The molecule has 3 aromatic rings. The first kappa shape index (κ1) is 17.2. The molecule has 27 heavy (non-hydrogen) atoms. The third-order valence-corrected chi connectivity index (χ3v) is 5.29. The fraction of sp³-hybridized carbons (Fsp3) is 0.150. The molecular weight excluding hydrogens is 360 g/mol. The molecule has 0 spiro atoms. The Bertz CT molecular complexity index is 957. The van der Waals surface area contributed by atoms with Crippen LogP contribution < -0.4 is 10.6 Å². The van der Waals surface area contributed by atoms with E-state index in [1.54, 1.807) is 0 Å². The van der Waals surface area contributed by atoms with Gasteiger partial charge in [-0.25, -0.2) is 9.78 Å². The highest BCUT2D eigenvalue weighted by atomic mass is 32.1. The van der Waals surface area contributed by atoms with Gasteiger partial charge in [-0.3, -0.25) is 10.1 Å². The molecule has 2 N–H and O–H groups in total. The first-order valence-corrected chi connectivity index (χ1v) is 9.46. The Morgan fingerprint density at radius 1 is 0.963 bits per heavy atom. The van der Waals surface area contributed by atoms with E-state index < -0.39 is 0 Å². The van der Waals surface area contributed by atoms with E-state index in [0.29, 0.717) is 30.2 Å². The number of hydrogen-bond donors (Lipinski definition) is 2. The number of carbonyl (C=O) groups excluding carboxylic acids is 2. The Kier molecular flexibility index (Phi) is 4.84. The average Bonchev–Trinajstić information content (AvgIpc) is 3.10. The molecule has 6 nitrogen and oxygen atoms in total. The van der Waals surface area contributed by atoms with Crippen LogP contribution in [0.15, 0.2) is 60.7 Å². The van der Waals surface area contributed by atoms with Crippen molar-refractivity contribution in [3.05, 3.63) is 76.8 Å². The molecule has 2 aromatic carbocycles. The molecule has 0 aliphatic carbocycles. The minimum Gasteiger partial charge on any atom is -0.333 e. The molecular formula is C20H18N4O2S. The number of para-hydroxylation sites is 1. The van der Waals surface area contributed by atoms with Gasteiger partial charge < -0.3 is 10.2 Å². The Hall–Kier alpha value is -3.19. The number of nitrogens with one attached hydrogen (secondary N) is 2. The summed E-state index contributed by atoms with van der Waals surface area (Å²) in [5, 5.41) is 6.09. The molecule has 4 rings (SSSR count). The minimum atomic E-state index is -0.329. The minimum absolute atomic E-state index is 0.0194. The number of anilines is 2. The SMILES string of the molecule is O=C(Nc1ccccc1)Nc1nc2c(s1)CN(C(=O)c1ccccc1)CC2. The van der Waals surface area contributed by atoms with E-state index in [0.717, 1.165) is 16.3 Å². The summed E-state index contributed by atoms with van der Waals surface area (Å²) in [7, 11) is 0. The monoisotopic (exact) mass is 378 g/mol. The third kappa shape index (κ3) is 3.98. The number of nitrogens with zero attached hydrogens (tertiary/aromatic N) is 2. The van der Waals surface area contributed by atoms with Gasteiger partial charge in [-0.15, -0.1) is 0 Å². The molecule has 0 radical (unpaired) electrons. The first-order valence-electron chi connectivity index (χ1n) is 8.65. The summed E-state index contributed by atoms with van der Waals surface area (Å²) in [5.74, 6) is 0.0194. The van der Waals surface area contributed by atoms with Crippen molar-refractivity contribution in [1.29, 1.82) is 0 Å². The molecule has 0 bridgehead atoms. The van der Waals surface area contributed by atoms with E-state index in [-0.39, 0.29) is 11.9 Å². The fourth-order valence-corrected chi connectivity index (χ4v) is 3.99. The van der Waals surface area contributed by atoms with Crippen molar-refractivity contribution in [2.75, 3.05) is 17.2 Å². The van der Waals surface area contributed by atoms with Gasteiger partial charge in [0.25, 0.3) is 5.91 Å². The van der Waals surface area contributed by atoms with Gasteiger partial charge in [-0.05, 0) is 24.3 Å². The lowest BCUT2D eigenvalue weighted by Crippen LogP contribution is -2.35. The number of amides is 3. The molecule has 2 heterocycles. The molecule has 0 atom stereocenters. The van der Waals surface area contributed by atoms with E-state index >= 15 is 0 Å². The second-order valence-corrected chi connectivity index (χ2v) is 7.26. The number of aromatic nitrogens is 1. The molecule has 136 valence electrons. The number of thiazole rings is 1. The van der Waals surface area contributed by atoms with Gasteiger partial charge in [-0.1, -0.05) is 47.7 Å². The maximum Gasteiger partial charge on any atom is 0.325 e. The molecule has 7 heteroatoms. The van der Waals surface area contributed by atoms with Crippen molar-refractivity contribution in [3.8, 4) is 0 Å². The lowest BCUT2D eigenvalue weighted by Gasteiger charge is -2.26. The number of benzene rings is 2. The van der Waals surface area contributed by atoms with Gasteiger partial charge in [0.05, 0.1) is 12.2 Å². The molecule has 1 aliphatic heterocycles. The maximum atomic E-state index is 12.6. The summed E-state index contributed by atoms with van der Waals surface area (Å²) >= 11 is 1.41. The fourth-order valence-electron chi connectivity index (χ4n) is 2.97. The van der Waals surface area contributed by atoms with Gasteiger partial charge >= 0.3 is 6.03 Å². The molecule has 0 saturated carbocycles. The molecule has 0 fully saturated rings. The van der Waals surface area contributed by atoms with Gasteiger partial charge in [0.1, 0.15) is 0 Å². The average molecular weight is 378 g/mol. The van der Waals surface area contributed by atoms with Crippen LogP contribution in [0.25, 0.3) is 0 Å². The second-order valence-electron chi connectivity index (χ2n) is 6.18. The van der Waals surface area contributed by atoms with Crippen molar-refractivity contribution in [3.63, 3.8) is 0 Å². The zero-order valence-electron chi connectivity index (χ0n) is 14.5. The lowest BCUT2D eigenvalue weighted by molar-refractivity contribution is 0.0736. The number of hydrogen-bond acceptors (Lipinski definition) is 4. The summed E-state index contributed by atoms with van der Waals surface area (Å²) < 4.78 is 0. The summed E-state index contributed by atoms with van der Waals surface area (Å²) in [6.45, 7) is 1.14. The first-order chi connectivity index (χ1) is 13.2. The number of rotatable bonds is 3. The summed E-state index contributed by atoms with van der Waals surface area (Å²) in [6.07, 6.45) is 0.687. The summed E-state index contributed by atoms with van der Waals surface area (Å²) in [6, 6.07) is 18.2. The van der Waals surface area contributed by atoms with Gasteiger partial charge in [0, 0.05) is 29.1 Å².